The predicted molar refractivity (Wildman–Crippen MR) is 53.3 cm³/mol. The summed E-state index contributed by atoms with van der Waals surface area (Å²) in [6.45, 7) is 4.17. The highest BCUT2D eigenvalue weighted by atomic mass is 16.4. The van der Waals surface area contributed by atoms with Gasteiger partial charge in [-0.25, -0.2) is 0 Å². The molecule has 1 heterocycles. The van der Waals surface area contributed by atoms with Crippen molar-refractivity contribution in [1.29, 1.82) is 0 Å². The monoisotopic (exact) mass is 196 g/mol. The van der Waals surface area contributed by atoms with Gasteiger partial charge in [-0.1, -0.05) is 13.8 Å². The molecular formula is C10H16N2O2. The van der Waals surface area contributed by atoms with Crippen LogP contribution in [0.3, 0.4) is 0 Å². The second-order valence-electron chi connectivity index (χ2n) is 3.75. The third-order valence-corrected chi connectivity index (χ3v) is 2.14. The summed E-state index contributed by atoms with van der Waals surface area (Å²) in [4.78, 5) is 10.4. The van der Waals surface area contributed by atoms with Crippen LogP contribution in [-0.4, -0.2) is 20.9 Å². The third-order valence-electron chi connectivity index (χ3n) is 2.14. The van der Waals surface area contributed by atoms with Crippen LogP contribution >= 0.6 is 0 Å². The summed E-state index contributed by atoms with van der Waals surface area (Å²) in [5, 5.41) is 12.8. The molecule has 4 nitrogen and oxygen atoms in total. The lowest BCUT2D eigenvalue weighted by atomic mass is 10.0. The molecule has 0 spiro atoms. The van der Waals surface area contributed by atoms with E-state index in [0.717, 1.165) is 11.3 Å². The Hall–Kier alpha value is -1.32. The SMILES string of the molecule is CC(C)c1cn(C)nc1CCC(=O)O. The van der Waals surface area contributed by atoms with Crippen molar-refractivity contribution in [2.24, 2.45) is 7.05 Å². The number of hydrogen-bond acceptors (Lipinski definition) is 2. The molecule has 0 unspecified atom stereocenters. The fourth-order valence-electron chi connectivity index (χ4n) is 1.45. The summed E-state index contributed by atoms with van der Waals surface area (Å²) in [7, 11) is 1.86. The molecule has 0 aliphatic carbocycles. The molecule has 0 aliphatic heterocycles. The number of aliphatic carboxylic acids is 1. The van der Waals surface area contributed by atoms with Gasteiger partial charge in [0.25, 0.3) is 0 Å². The van der Waals surface area contributed by atoms with Crippen molar-refractivity contribution < 1.29 is 9.90 Å². The highest BCUT2D eigenvalue weighted by Crippen LogP contribution is 2.18. The molecule has 1 rings (SSSR count). The number of nitrogens with zero attached hydrogens (tertiary/aromatic N) is 2. The highest BCUT2D eigenvalue weighted by Gasteiger charge is 2.11. The molecule has 4 heteroatoms. The molecule has 0 fully saturated rings. The van der Waals surface area contributed by atoms with E-state index in [-0.39, 0.29) is 6.42 Å². The largest absolute Gasteiger partial charge is 0.481 e. The van der Waals surface area contributed by atoms with Gasteiger partial charge in [0.15, 0.2) is 0 Å². The smallest absolute Gasteiger partial charge is 0.303 e. The van der Waals surface area contributed by atoms with Gasteiger partial charge < -0.3 is 5.11 Å². The number of aromatic nitrogens is 2. The maximum atomic E-state index is 10.4. The van der Waals surface area contributed by atoms with Gasteiger partial charge in [0.1, 0.15) is 0 Å². The summed E-state index contributed by atoms with van der Waals surface area (Å²) < 4.78 is 1.74. The van der Waals surface area contributed by atoms with E-state index in [1.165, 1.54) is 0 Å². The Kier molecular flexibility index (Phi) is 3.28. The molecule has 14 heavy (non-hydrogen) atoms. The molecule has 0 atom stereocenters. The Balaban J connectivity index is 2.79. The number of carbonyl (C=O) groups is 1. The second kappa shape index (κ2) is 4.26. The maximum Gasteiger partial charge on any atom is 0.303 e. The van der Waals surface area contributed by atoms with Gasteiger partial charge >= 0.3 is 5.97 Å². The van der Waals surface area contributed by atoms with Gasteiger partial charge in [0.2, 0.25) is 0 Å². The summed E-state index contributed by atoms with van der Waals surface area (Å²) in [5.74, 6) is -0.377. The minimum Gasteiger partial charge on any atom is -0.481 e. The molecule has 0 bridgehead atoms. The third kappa shape index (κ3) is 2.58. The Bertz CT molecular complexity index is 329. The van der Waals surface area contributed by atoms with Gasteiger partial charge in [0.05, 0.1) is 12.1 Å². The minimum atomic E-state index is -0.773. The van der Waals surface area contributed by atoms with Crippen LogP contribution in [-0.2, 0) is 18.3 Å². The Morgan fingerprint density at radius 2 is 2.29 bits per heavy atom. The molecule has 0 aliphatic rings. The first kappa shape index (κ1) is 10.8. The predicted octanol–water partition coefficient (Wildman–Crippen LogP) is 1.56. The van der Waals surface area contributed by atoms with E-state index in [2.05, 4.69) is 18.9 Å². The van der Waals surface area contributed by atoms with Crippen LogP contribution in [0.4, 0.5) is 0 Å². The van der Waals surface area contributed by atoms with E-state index in [1.807, 2.05) is 13.2 Å². The molecule has 1 N–H and O–H groups in total. The summed E-state index contributed by atoms with van der Waals surface area (Å²) >= 11 is 0. The van der Waals surface area contributed by atoms with Crippen molar-refractivity contribution in [2.45, 2.75) is 32.6 Å². The first-order valence-corrected chi connectivity index (χ1v) is 4.75. The average Bonchev–Trinajstić information content (AvgIpc) is 2.43. The van der Waals surface area contributed by atoms with Crippen LogP contribution in [0.5, 0.6) is 0 Å². The van der Waals surface area contributed by atoms with Gasteiger partial charge in [-0.3, -0.25) is 9.48 Å². The zero-order valence-electron chi connectivity index (χ0n) is 8.82. The van der Waals surface area contributed by atoms with E-state index < -0.39 is 5.97 Å². The second-order valence-corrected chi connectivity index (χ2v) is 3.75. The van der Waals surface area contributed by atoms with E-state index in [0.29, 0.717) is 12.3 Å². The highest BCUT2D eigenvalue weighted by molar-refractivity contribution is 5.67. The number of aryl methyl sites for hydroxylation is 2. The van der Waals surface area contributed by atoms with Crippen LogP contribution in [0.15, 0.2) is 6.20 Å². The van der Waals surface area contributed by atoms with Crippen LogP contribution in [0.2, 0.25) is 0 Å². The Morgan fingerprint density at radius 1 is 1.64 bits per heavy atom. The standard InChI is InChI=1S/C10H16N2O2/c1-7(2)8-6-12(3)11-9(8)4-5-10(13)14/h6-7H,4-5H2,1-3H3,(H,13,14). The molecule has 0 aromatic carbocycles. The molecule has 78 valence electrons. The van der Waals surface area contributed by atoms with E-state index >= 15 is 0 Å². The zero-order chi connectivity index (χ0) is 10.7. The van der Waals surface area contributed by atoms with Gasteiger partial charge in [-0.05, 0) is 11.5 Å². The molecule has 1 aromatic rings. The first-order valence-electron chi connectivity index (χ1n) is 4.75. The minimum absolute atomic E-state index is 0.150. The molecule has 0 saturated heterocycles. The first-order chi connectivity index (χ1) is 6.50. The van der Waals surface area contributed by atoms with Crippen LogP contribution in [0.25, 0.3) is 0 Å². The molecule has 1 aromatic heterocycles. The van der Waals surface area contributed by atoms with E-state index in [4.69, 9.17) is 5.11 Å². The molecule has 0 radical (unpaired) electrons. The van der Waals surface area contributed by atoms with Gasteiger partial charge in [-0.2, -0.15) is 5.10 Å². The number of hydrogen-bond donors (Lipinski definition) is 1. The fourth-order valence-corrected chi connectivity index (χ4v) is 1.45. The zero-order valence-corrected chi connectivity index (χ0v) is 8.82. The van der Waals surface area contributed by atoms with Gasteiger partial charge in [-0.15, -0.1) is 0 Å². The summed E-state index contributed by atoms with van der Waals surface area (Å²) in [5.41, 5.74) is 2.05. The quantitative estimate of drug-likeness (QED) is 0.795. The van der Waals surface area contributed by atoms with Crippen LogP contribution in [0, 0.1) is 0 Å². The summed E-state index contributed by atoms with van der Waals surface area (Å²) in [6, 6.07) is 0. The number of rotatable bonds is 4. The molecule has 0 amide bonds. The number of carboxylic acids is 1. The maximum absolute atomic E-state index is 10.4. The van der Waals surface area contributed by atoms with Crippen LogP contribution in [0.1, 0.15) is 37.4 Å². The lowest BCUT2D eigenvalue weighted by Crippen LogP contribution is -2.01. The lowest BCUT2D eigenvalue weighted by molar-refractivity contribution is -0.136. The van der Waals surface area contributed by atoms with Crippen molar-refractivity contribution >= 4 is 5.97 Å². The number of carboxylic acid groups (broad SMARTS) is 1. The van der Waals surface area contributed by atoms with Crippen molar-refractivity contribution in [3.8, 4) is 0 Å². The molecule has 0 saturated carbocycles. The Labute approximate surface area is 83.5 Å². The van der Waals surface area contributed by atoms with Crippen molar-refractivity contribution in [1.82, 2.24) is 9.78 Å². The molecular weight excluding hydrogens is 180 g/mol. The van der Waals surface area contributed by atoms with Crippen LogP contribution < -0.4 is 0 Å². The van der Waals surface area contributed by atoms with E-state index in [1.54, 1.807) is 4.68 Å². The van der Waals surface area contributed by atoms with Crippen molar-refractivity contribution in [2.75, 3.05) is 0 Å². The normalized spacial score (nSPS) is 10.9. The van der Waals surface area contributed by atoms with Crippen molar-refractivity contribution in [3.05, 3.63) is 17.5 Å². The summed E-state index contributed by atoms with van der Waals surface area (Å²) in [6.07, 6.45) is 2.63. The average molecular weight is 196 g/mol. The Morgan fingerprint density at radius 3 is 2.79 bits per heavy atom. The topological polar surface area (TPSA) is 55.1 Å². The van der Waals surface area contributed by atoms with Crippen molar-refractivity contribution in [3.63, 3.8) is 0 Å². The van der Waals surface area contributed by atoms with E-state index in [9.17, 15) is 4.79 Å². The van der Waals surface area contributed by atoms with Gasteiger partial charge in [0, 0.05) is 19.7 Å². The lowest BCUT2D eigenvalue weighted by Gasteiger charge is -2.03. The fraction of sp³-hybridized carbons (Fsp3) is 0.600.